The zero-order valence-electron chi connectivity index (χ0n) is 23.3. The van der Waals surface area contributed by atoms with E-state index in [0.717, 1.165) is 16.8 Å². The highest BCUT2D eigenvalue weighted by molar-refractivity contribution is 6.13. The highest BCUT2D eigenvalue weighted by Crippen LogP contribution is 2.31. The third-order valence-corrected chi connectivity index (χ3v) is 7.21. The van der Waals surface area contributed by atoms with Crippen molar-refractivity contribution in [2.24, 2.45) is 0 Å². The second kappa shape index (κ2) is 11.4. The Labute approximate surface area is 243 Å². The molecule has 0 unspecified atom stereocenters. The number of H-pyrrole nitrogens is 1. The largest absolute Gasteiger partial charge is 0.504 e. The van der Waals surface area contributed by atoms with E-state index in [2.05, 4.69) is 27.2 Å². The number of benzene rings is 3. The molecular weight excluding hydrogens is 532 g/mol. The molecule has 1 amide bonds. The molecule has 0 aliphatic carbocycles. The smallest absolute Gasteiger partial charge is 0.254 e. The summed E-state index contributed by atoms with van der Waals surface area (Å²) in [5.74, 6) is 7.42. The molecule has 3 aromatic carbocycles. The van der Waals surface area contributed by atoms with E-state index in [0.29, 0.717) is 60.0 Å². The van der Waals surface area contributed by atoms with Gasteiger partial charge in [-0.05, 0) is 74.0 Å². The van der Waals surface area contributed by atoms with Gasteiger partial charge >= 0.3 is 0 Å². The highest BCUT2D eigenvalue weighted by Gasteiger charge is 2.29. The molecule has 1 aromatic heterocycles. The van der Waals surface area contributed by atoms with Gasteiger partial charge in [-0.1, -0.05) is 12.0 Å². The number of morpholine rings is 1. The second-order valence-electron chi connectivity index (χ2n) is 10.0. The van der Waals surface area contributed by atoms with Crippen molar-refractivity contribution in [1.82, 2.24) is 20.3 Å². The number of aliphatic hydroxyl groups excluding tert-OH is 1. The number of anilines is 1. The Morgan fingerprint density at radius 1 is 1.10 bits per heavy atom. The number of aromatic nitrogens is 2. The van der Waals surface area contributed by atoms with Crippen LogP contribution in [0, 0.1) is 24.2 Å². The van der Waals surface area contributed by atoms with Crippen molar-refractivity contribution in [3.05, 3.63) is 88.8 Å². The average molecular weight is 563 g/mol. The van der Waals surface area contributed by atoms with E-state index in [9.17, 15) is 9.90 Å². The number of nitrogens with one attached hydrogen (secondary N) is 3. The van der Waals surface area contributed by atoms with Crippen LogP contribution >= 0.6 is 0 Å². The number of aliphatic hydroxyl groups is 1. The van der Waals surface area contributed by atoms with E-state index < -0.39 is 0 Å². The molecule has 4 N–H and O–H groups in total. The van der Waals surface area contributed by atoms with Gasteiger partial charge in [0.15, 0.2) is 11.6 Å². The first-order valence-electron chi connectivity index (χ1n) is 13.6. The molecule has 0 saturated carbocycles. The molecule has 0 atom stereocenters. The van der Waals surface area contributed by atoms with Crippen LogP contribution in [-0.2, 0) is 4.74 Å². The van der Waals surface area contributed by atoms with Crippen LogP contribution < -0.4 is 15.2 Å². The van der Waals surface area contributed by atoms with Crippen LogP contribution in [0.25, 0.3) is 16.8 Å². The summed E-state index contributed by atoms with van der Waals surface area (Å²) in [6, 6.07) is 18.4. The fourth-order valence-corrected chi connectivity index (χ4v) is 5.06. The number of nitrogens with zero attached hydrogens (tertiary/aromatic N) is 3. The number of aryl methyl sites for hydroxylation is 1. The number of hydrazine groups is 1. The standard InChI is InChI=1S/C32H30N6O4/c1-3-5-21-6-4-7-23(17-21)42-24-9-11-28(20(2)16-24)38-30(33)25(19-34-38)29(39)31-35-26-10-8-22(18-27(26)36-31)32(40)37-12-14-41-15-13-37/h4,6-11,16-18,33-34,39H,12-15,19H2,1-2H3,(H,35,36). The van der Waals surface area contributed by atoms with Crippen LogP contribution in [-0.4, -0.2) is 64.6 Å². The van der Waals surface area contributed by atoms with E-state index >= 15 is 0 Å². The van der Waals surface area contributed by atoms with Crippen molar-refractivity contribution in [2.75, 3.05) is 37.9 Å². The SMILES string of the molecule is CC#Cc1cccc(Oc2ccc(N3NCC(=C(O)c4nc5ccc(C(=O)N6CCOCC6)cc5[nH]4)C3=N)c(C)c2)c1. The molecule has 6 rings (SSSR count). The summed E-state index contributed by atoms with van der Waals surface area (Å²) in [6.45, 7) is 6.15. The number of amides is 1. The number of rotatable bonds is 5. The summed E-state index contributed by atoms with van der Waals surface area (Å²) in [5.41, 5.74) is 7.89. The van der Waals surface area contributed by atoms with Crippen LogP contribution in [0.2, 0.25) is 0 Å². The quantitative estimate of drug-likeness (QED) is 0.204. The fourth-order valence-electron chi connectivity index (χ4n) is 5.06. The van der Waals surface area contributed by atoms with Gasteiger partial charge in [-0.2, -0.15) is 0 Å². The van der Waals surface area contributed by atoms with E-state index in [1.807, 2.05) is 49.4 Å². The minimum absolute atomic E-state index is 0.0672. The maximum absolute atomic E-state index is 12.9. The van der Waals surface area contributed by atoms with Crippen LogP contribution in [0.5, 0.6) is 11.5 Å². The molecule has 2 saturated heterocycles. The number of imidazole rings is 1. The summed E-state index contributed by atoms with van der Waals surface area (Å²) in [4.78, 5) is 22.3. The molecule has 2 aliphatic rings. The lowest BCUT2D eigenvalue weighted by atomic mass is 10.1. The number of carbonyl (C=O) groups excluding carboxylic acids is 1. The van der Waals surface area contributed by atoms with Crippen molar-refractivity contribution >= 4 is 34.2 Å². The monoisotopic (exact) mass is 562 g/mol. The Morgan fingerprint density at radius 2 is 1.90 bits per heavy atom. The van der Waals surface area contributed by atoms with E-state index in [1.165, 1.54) is 0 Å². The number of fused-ring (bicyclic) bond motifs is 1. The third-order valence-electron chi connectivity index (χ3n) is 7.21. The lowest BCUT2D eigenvalue weighted by Gasteiger charge is -2.26. The summed E-state index contributed by atoms with van der Waals surface area (Å²) in [7, 11) is 0. The Hall–Kier alpha value is -5.11. The summed E-state index contributed by atoms with van der Waals surface area (Å²) in [6.07, 6.45) is 0. The minimum atomic E-state index is -0.125. The number of carbonyl (C=O) groups is 1. The summed E-state index contributed by atoms with van der Waals surface area (Å²) < 4.78 is 11.4. The first-order chi connectivity index (χ1) is 20.4. The van der Waals surface area contributed by atoms with Crippen molar-refractivity contribution in [3.8, 4) is 23.3 Å². The highest BCUT2D eigenvalue weighted by atomic mass is 16.5. The molecular formula is C32H30N6O4. The minimum Gasteiger partial charge on any atom is -0.504 e. The van der Waals surface area contributed by atoms with Gasteiger partial charge in [0, 0.05) is 30.8 Å². The zero-order valence-corrected chi connectivity index (χ0v) is 23.3. The zero-order chi connectivity index (χ0) is 29.2. The van der Waals surface area contributed by atoms with Crippen molar-refractivity contribution in [2.45, 2.75) is 13.8 Å². The normalized spacial score (nSPS) is 16.4. The Bertz CT molecular complexity index is 1790. The Kier molecular flexibility index (Phi) is 7.35. The Balaban J connectivity index is 1.20. The molecule has 212 valence electrons. The molecule has 0 bridgehead atoms. The van der Waals surface area contributed by atoms with Crippen molar-refractivity contribution in [1.29, 1.82) is 5.41 Å². The number of hydrogen-bond donors (Lipinski definition) is 4. The summed E-state index contributed by atoms with van der Waals surface area (Å²) in [5, 5.41) is 21.6. The van der Waals surface area contributed by atoms with E-state index in [-0.39, 0.29) is 29.9 Å². The molecule has 2 aliphatic heterocycles. The first kappa shape index (κ1) is 27.1. The third kappa shape index (κ3) is 5.31. The second-order valence-corrected chi connectivity index (χ2v) is 10.0. The van der Waals surface area contributed by atoms with Gasteiger partial charge in [0.25, 0.3) is 5.91 Å². The lowest BCUT2D eigenvalue weighted by Crippen LogP contribution is -2.40. The van der Waals surface area contributed by atoms with Crippen LogP contribution in [0.4, 0.5) is 5.69 Å². The number of amidine groups is 1. The molecule has 10 heteroatoms. The van der Waals surface area contributed by atoms with Gasteiger partial charge in [0.1, 0.15) is 17.3 Å². The maximum atomic E-state index is 12.9. The lowest BCUT2D eigenvalue weighted by molar-refractivity contribution is 0.0303. The van der Waals surface area contributed by atoms with Crippen molar-refractivity contribution in [3.63, 3.8) is 0 Å². The Morgan fingerprint density at radius 3 is 2.69 bits per heavy atom. The van der Waals surface area contributed by atoms with Gasteiger partial charge < -0.3 is 24.5 Å². The molecule has 3 heterocycles. The predicted octanol–water partition coefficient (Wildman–Crippen LogP) is 4.78. The molecule has 10 nitrogen and oxygen atoms in total. The van der Waals surface area contributed by atoms with E-state index in [1.54, 1.807) is 35.0 Å². The topological polar surface area (TPSA) is 127 Å². The average Bonchev–Trinajstić information content (AvgIpc) is 3.60. The summed E-state index contributed by atoms with van der Waals surface area (Å²) >= 11 is 0. The van der Waals surface area contributed by atoms with Gasteiger partial charge in [0.05, 0.1) is 35.5 Å². The van der Waals surface area contributed by atoms with Crippen LogP contribution in [0.15, 0.2) is 66.2 Å². The van der Waals surface area contributed by atoms with Gasteiger partial charge in [0.2, 0.25) is 0 Å². The predicted molar refractivity (Wildman–Crippen MR) is 161 cm³/mol. The molecule has 0 spiro atoms. The fraction of sp³-hybridized carbons (Fsp3) is 0.219. The molecule has 2 fully saturated rings. The first-order valence-corrected chi connectivity index (χ1v) is 13.6. The van der Waals surface area contributed by atoms with Gasteiger partial charge in [-0.15, -0.1) is 5.92 Å². The van der Waals surface area contributed by atoms with Gasteiger partial charge in [-0.25, -0.2) is 10.4 Å². The van der Waals surface area contributed by atoms with Crippen LogP contribution in [0.3, 0.4) is 0 Å². The van der Waals surface area contributed by atoms with Crippen molar-refractivity contribution < 1.29 is 19.4 Å². The molecule has 4 aromatic rings. The van der Waals surface area contributed by atoms with Crippen LogP contribution in [0.1, 0.15) is 34.2 Å². The molecule has 0 radical (unpaired) electrons. The number of ether oxygens (including phenoxy) is 2. The maximum Gasteiger partial charge on any atom is 0.254 e. The molecule has 42 heavy (non-hydrogen) atoms. The van der Waals surface area contributed by atoms with Gasteiger partial charge in [-0.3, -0.25) is 15.2 Å². The van der Waals surface area contributed by atoms with E-state index in [4.69, 9.17) is 14.9 Å². The number of aromatic amines is 1. The number of hydrogen-bond acceptors (Lipinski definition) is 7.